The molecule has 29 heavy (non-hydrogen) atoms. The molecule has 0 radical (unpaired) electrons. The van der Waals surface area contributed by atoms with Crippen LogP contribution in [0.1, 0.15) is 63.0 Å². The van der Waals surface area contributed by atoms with Crippen molar-refractivity contribution in [1.29, 1.82) is 0 Å². The molecule has 1 aliphatic carbocycles. The molecule has 6 nitrogen and oxygen atoms in total. The van der Waals surface area contributed by atoms with Gasteiger partial charge in [0, 0.05) is 32.0 Å². The van der Waals surface area contributed by atoms with Crippen molar-refractivity contribution in [3.05, 3.63) is 35.4 Å². The maximum atomic E-state index is 13.1. The van der Waals surface area contributed by atoms with Crippen molar-refractivity contribution in [2.45, 2.75) is 70.4 Å². The normalized spacial score (nSPS) is 24.3. The van der Waals surface area contributed by atoms with E-state index in [0.717, 1.165) is 50.5 Å². The van der Waals surface area contributed by atoms with Crippen LogP contribution in [0.4, 0.5) is 4.79 Å². The number of hydrogen-bond acceptors (Lipinski definition) is 3. The molecule has 4 rings (SSSR count). The van der Waals surface area contributed by atoms with Crippen LogP contribution in [0.25, 0.3) is 0 Å². The third-order valence-electron chi connectivity index (χ3n) is 6.74. The van der Waals surface area contributed by atoms with E-state index in [9.17, 15) is 14.4 Å². The first-order valence-corrected chi connectivity index (χ1v) is 11.0. The second-order valence-corrected chi connectivity index (χ2v) is 8.86. The van der Waals surface area contributed by atoms with Crippen LogP contribution in [0, 0.1) is 5.92 Å². The Labute approximate surface area is 172 Å². The highest BCUT2D eigenvalue weighted by molar-refractivity contribution is 6.07. The zero-order chi connectivity index (χ0) is 20.4. The molecule has 3 aliphatic rings. The van der Waals surface area contributed by atoms with Gasteiger partial charge in [-0.2, -0.15) is 0 Å². The van der Waals surface area contributed by atoms with Crippen LogP contribution < -0.4 is 5.32 Å². The number of benzene rings is 1. The molecule has 0 bridgehead atoms. The lowest BCUT2D eigenvalue weighted by Gasteiger charge is -2.25. The molecule has 2 heterocycles. The van der Waals surface area contributed by atoms with E-state index >= 15 is 0 Å². The van der Waals surface area contributed by atoms with Crippen LogP contribution in [-0.2, 0) is 22.6 Å². The zero-order valence-electron chi connectivity index (χ0n) is 17.3. The van der Waals surface area contributed by atoms with Gasteiger partial charge in [-0.3, -0.25) is 14.5 Å². The topological polar surface area (TPSA) is 69.7 Å². The van der Waals surface area contributed by atoms with E-state index < -0.39 is 5.54 Å². The molecule has 1 atom stereocenters. The highest BCUT2D eigenvalue weighted by Gasteiger charge is 2.51. The molecule has 1 spiro atoms. The molecule has 1 aromatic carbocycles. The van der Waals surface area contributed by atoms with E-state index in [1.807, 2.05) is 4.90 Å². The van der Waals surface area contributed by atoms with Crippen molar-refractivity contribution in [3.8, 4) is 0 Å². The molecule has 6 heteroatoms. The third kappa shape index (κ3) is 4.02. The summed E-state index contributed by atoms with van der Waals surface area (Å²) >= 11 is 0. The highest BCUT2D eigenvalue weighted by Crippen LogP contribution is 2.34. The van der Waals surface area contributed by atoms with Crippen LogP contribution in [0.15, 0.2) is 24.3 Å². The number of nitrogens with one attached hydrogen (secondary N) is 1. The number of urea groups is 1. The summed E-state index contributed by atoms with van der Waals surface area (Å²) in [5, 5.41) is 3.00. The average Bonchev–Trinajstić information content (AvgIpc) is 3.04. The second-order valence-electron chi connectivity index (χ2n) is 8.86. The van der Waals surface area contributed by atoms with Crippen molar-refractivity contribution in [2.75, 3.05) is 13.1 Å². The fourth-order valence-corrected chi connectivity index (χ4v) is 5.00. The number of imide groups is 1. The summed E-state index contributed by atoms with van der Waals surface area (Å²) in [6.07, 6.45) is 7.07. The predicted molar refractivity (Wildman–Crippen MR) is 110 cm³/mol. The minimum Gasteiger partial charge on any atom is -0.338 e. The summed E-state index contributed by atoms with van der Waals surface area (Å²) in [5.41, 5.74) is 1.70. The summed E-state index contributed by atoms with van der Waals surface area (Å²) in [5.74, 6) is 0.0318. The number of carbonyl (C=O) groups excluding carboxylic acids is 3. The van der Waals surface area contributed by atoms with Gasteiger partial charge in [-0.05, 0) is 30.4 Å². The molecule has 2 saturated heterocycles. The van der Waals surface area contributed by atoms with Gasteiger partial charge in [0.2, 0.25) is 5.91 Å². The molecule has 1 aromatic rings. The highest BCUT2D eigenvalue weighted by atomic mass is 16.2. The maximum Gasteiger partial charge on any atom is 0.325 e. The van der Waals surface area contributed by atoms with Crippen LogP contribution in [-0.4, -0.2) is 46.3 Å². The molecule has 1 unspecified atom stereocenters. The second kappa shape index (κ2) is 8.17. The van der Waals surface area contributed by atoms with Gasteiger partial charge in [-0.1, -0.05) is 56.9 Å². The first kappa shape index (κ1) is 19.9. The molecule has 4 amide bonds. The van der Waals surface area contributed by atoms with Gasteiger partial charge in [0.15, 0.2) is 0 Å². The first-order chi connectivity index (χ1) is 14.0. The van der Waals surface area contributed by atoms with Crippen molar-refractivity contribution in [1.82, 2.24) is 15.1 Å². The molecular weight excluding hydrogens is 366 g/mol. The Morgan fingerprint density at radius 2 is 1.66 bits per heavy atom. The SMILES string of the molecule is CCc1ccc(CN2CC(CN3C(=O)NC4(CCCCCC4)C3=O)CC2=O)cc1. The van der Waals surface area contributed by atoms with E-state index in [2.05, 4.69) is 36.5 Å². The van der Waals surface area contributed by atoms with Crippen LogP contribution in [0.2, 0.25) is 0 Å². The monoisotopic (exact) mass is 397 g/mol. The standard InChI is InChI=1S/C23H31N3O3/c1-2-17-7-9-18(10-8-17)14-25-15-19(13-20(25)27)16-26-21(28)23(24-22(26)29)11-5-3-4-6-12-23/h7-10,19H,2-6,11-16H2,1H3,(H,24,29). The molecule has 0 aromatic heterocycles. The zero-order valence-corrected chi connectivity index (χ0v) is 17.3. The lowest BCUT2D eigenvalue weighted by Crippen LogP contribution is -2.46. The van der Waals surface area contributed by atoms with Gasteiger partial charge >= 0.3 is 6.03 Å². The molecule has 2 aliphatic heterocycles. The van der Waals surface area contributed by atoms with Crippen molar-refractivity contribution in [2.24, 2.45) is 5.92 Å². The average molecular weight is 398 g/mol. The number of rotatable bonds is 5. The van der Waals surface area contributed by atoms with Crippen LogP contribution in [0.3, 0.4) is 0 Å². The van der Waals surface area contributed by atoms with Gasteiger partial charge in [0.25, 0.3) is 5.91 Å². The summed E-state index contributed by atoms with van der Waals surface area (Å²) in [6, 6.07) is 8.08. The van der Waals surface area contributed by atoms with Crippen molar-refractivity contribution in [3.63, 3.8) is 0 Å². The number of aryl methyl sites for hydroxylation is 1. The van der Waals surface area contributed by atoms with E-state index in [-0.39, 0.29) is 23.8 Å². The Bertz CT molecular complexity index is 781. The molecule has 3 fully saturated rings. The van der Waals surface area contributed by atoms with Crippen molar-refractivity contribution < 1.29 is 14.4 Å². The number of carbonyl (C=O) groups is 3. The Balaban J connectivity index is 1.38. The smallest absolute Gasteiger partial charge is 0.325 e. The van der Waals surface area contributed by atoms with E-state index in [1.54, 1.807) is 0 Å². The molecule has 1 N–H and O–H groups in total. The number of likely N-dealkylation sites (tertiary alicyclic amines) is 1. The van der Waals surface area contributed by atoms with E-state index in [0.29, 0.717) is 26.1 Å². The lowest BCUT2D eigenvalue weighted by atomic mass is 9.90. The minimum atomic E-state index is -0.698. The maximum absolute atomic E-state index is 13.1. The van der Waals surface area contributed by atoms with Gasteiger partial charge < -0.3 is 10.2 Å². The van der Waals surface area contributed by atoms with E-state index in [4.69, 9.17) is 0 Å². The Hall–Kier alpha value is -2.37. The summed E-state index contributed by atoms with van der Waals surface area (Å²) < 4.78 is 0. The first-order valence-electron chi connectivity index (χ1n) is 11.0. The molecule has 156 valence electrons. The minimum absolute atomic E-state index is 0.00745. The molecular formula is C23H31N3O3. The fraction of sp³-hybridized carbons (Fsp3) is 0.609. The fourth-order valence-electron chi connectivity index (χ4n) is 5.00. The lowest BCUT2D eigenvalue weighted by molar-refractivity contribution is -0.132. The van der Waals surface area contributed by atoms with Gasteiger partial charge in [-0.15, -0.1) is 0 Å². The predicted octanol–water partition coefficient (Wildman–Crippen LogP) is 3.24. The summed E-state index contributed by atoms with van der Waals surface area (Å²) in [7, 11) is 0. The van der Waals surface area contributed by atoms with Gasteiger partial charge in [0.1, 0.15) is 5.54 Å². The summed E-state index contributed by atoms with van der Waals surface area (Å²) in [4.78, 5) is 41.4. The summed E-state index contributed by atoms with van der Waals surface area (Å²) in [6.45, 7) is 3.64. The Kier molecular flexibility index (Phi) is 5.61. The Morgan fingerprint density at radius 1 is 1.00 bits per heavy atom. The van der Waals surface area contributed by atoms with E-state index in [1.165, 1.54) is 10.5 Å². The third-order valence-corrected chi connectivity index (χ3v) is 6.74. The largest absolute Gasteiger partial charge is 0.338 e. The quantitative estimate of drug-likeness (QED) is 0.776. The number of amides is 4. The van der Waals surface area contributed by atoms with Crippen LogP contribution in [0.5, 0.6) is 0 Å². The van der Waals surface area contributed by atoms with Crippen molar-refractivity contribution >= 4 is 17.8 Å². The van der Waals surface area contributed by atoms with Gasteiger partial charge in [-0.25, -0.2) is 4.79 Å². The van der Waals surface area contributed by atoms with Crippen LogP contribution >= 0.6 is 0 Å². The van der Waals surface area contributed by atoms with Gasteiger partial charge in [0.05, 0.1) is 0 Å². The Morgan fingerprint density at radius 3 is 2.31 bits per heavy atom. The number of hydrogen-bond donors (Lipinski definition) is 1. The number of nitrogens with zero attached hydrogens (tertiary/aromatic N) is 2. The molecule has 1 saturated carbocycles.